The number of carbonyl (C=O) groups excluding carboxylic acids is 1. The third-order valence-corrected chi connectivity index (χ3v) is 3.43. The van der Waals surface area contributed by atoms with Crippen molar-refractivity contribution in [2.45, 2.75) is 25.5 Å². The average molecular weight is 269 g/mol. The molecule has 0 spiro atoms. The Morgan fingerprint density at radius 2 is 1.55 bits per heavy atom. The summed E-state index contributed by atoms with van der Waals surface area (Å²) in [5.74, 6) is -0.403. The van der Waals surface area contributed by atoms with Gasteiger partial charge in [-0.05, 0) is 25.0 Å². The summed E-state index contributed by atoms with van der Waals surface area (Å²) in [7, 11) is 0. The zero-order valence-corrected chi connectivity index (χ0v) is 11.7. The quantitative estimate of drug-likeness (QED) is 0.896. The van der Waals surface area contributed by atoms with Gasteiger partial charge in [0.25, 0.3) is 5.91 Å². The largest absolute Gasteiger partial charge is 0.376 e. The highest BCUT2D eigenvalue weighted by Gasteiger charge is 2.32. The van der Waals surface area contributed by atoms with E-state index in [1.807, 2.05) is 43.3 Å². The molecular formula is C17H19NO2. The Labute approximate surface area is 119 Å². The highest BCUT2D eigenvalue weighted by molar-refractivity contribution is 5.86. The topological polar surface area (TPSA) is 49.3 Å². The molecule has 2 aromatic rings. The van der Waals surface area contributed by atoms with Crippen LogP contribution in [0.1, 0.15) is 31.0 Å². The molecule has 1 amide bonds. The SMILES string of the molecule is CC(NC(=O)C(C)(O)c1ccccc1)c1ccccc1. The number of nitrogens with one attached hydrogen (secondary N) is 1. The maximum absolute atomic E-state index is 12.3. The van der Waals surface area contributed by atoms with Crippen molar-refractivity contribution in [3.05, 3.63) is 71.8 Å². The molecule has 20 heavy (non-hydrogen) atoms. The molecule has 0 saturated heterocycles. The van der Waals surface area contributed by atoms with Crippen LogP contribution in [0.5, 0.6) is 0 Å². The summed E-state index contributed by atoms with van der Waals surface area (Å²) in [6, 6.07) is 18.5. The fourth-order valence-corrected chi connectivity index (χ4v) is 2.06. The van der Waals surface area contributed by atoms with Crippen molar-refractivity contribution in [1.29, 1.82) is 0 Å². The lowest BCUT2D eigenvalue weighted by atomic mass is 9.94. The van der Waals surface area contributed by atoms with Gasteiger partial charge in [0.1, 0.15) is 0 Å². The molecular weight excluding hydrogens is 250 g/mol. The lowest BCUT2D eigenvalue weighted by Gasteiger charge is -2.25. The number of amides is 1. The van der Waals surface area contributed by atoms with Gasteiger partial charge >= 0.3 is 0 Å². The van der Waals surface area contributed by atoms with Gasteiger partial charge in [-0.15, -0.1) is 0 Å². The summed E-state index contributed by atoms with van der Waals surface area (Å²) in [4.78, 5) is 12.3. The Hall–Kier alpha value is -2.13. The van der Waals surface area contributed by atoms with Crippen LogP contribution < -0.4 is 5.32 Å². The normalized spacial score (nSPS) is 15.2. The molecule has 0 aliphatic heterocycles. The highest BCUT2D eigenvalue weighted by Crippen LogP contribution is 2.22. The van der Waals surface area contributed by atoms with Crippen molar-refractivity contribution in [2.24, 2.45) is 0 Å². The van der Waals surface area contributed by atoms with E-state index in [1.165, 1.54) is 6.92 Å². The molecule has 3 nitrogen and oxygen atoms in total. The van der Waals surface area contributed by atoms with Crippen LogP contribution >= 0.6 is 0 Å². The minimum Gasteiger partial charge on any atom is -0.376 e. The minimum absolute atomic E-state index is 0.154. The van der Waals surface area contributed by atoms with E-state index >= 15 is 0 Å². The maximum atomic E-state index is 12.3. The summed E-state index contributed by atoms with van der Waals surface area (Å²) < 4.78 is 0. The molecule has 3 heteroatoms. The first-order valence-corrected chi connectivity index (χ1v) is 6.65. The van der Waals surface area contributed by atoms with E-state index in [-0.39, 0.29) is 6.04 Å². The number of aliphatic hydroxyl groups is 1. The molecule has 0 fully saturated rings. The number of rotatable bonds is 4. The zero-order chi connectivity index (χ0) is 14.6. The fourth-order valence-electron chi connectivity index (χ4n) is 2.06. The third kappa shape index (κ3) is 3.06. The van der Waals surface area contributed by atoms with E-state index in [9.17, 15) is 9.90 Å². The molecule has 2 aromatic carbocycles. The van der Waals surface area contributed by atoms with Gasteiger partial charge in [-0.2, -0.15) is 0 Å². The van der Waals surface area contributed by atoms with Crippen LogP contribution in [0, 0.1) is 0 Å². The Bertz CT molecular complexity index is 564. The van der Waals surface area contributed by atoms with Crippen molar-refractivity contribution in [3.8, 4) is 0 Å². The van der Waals surface area contributed by atoms with Crippen molar-refractivity contribution >= 4 is 5.91 Å². The van der Waals surface area contributed by atoms with E-state index in [2.05, 4.69) is 5.32 Å². The molecule has 0 aliphatic rings. The lowest BCUT2D eigenvalue weighted by Crippen LogP contribution is -2.43. The molecule has 0 aromatic heterocycles. The van der Waals surface area contributed by atoms with E-state index in [4.69, 9.17) is 0 Å². The predicted molar refractivity (Wildman–Crippen MR) is 79.0 cm³/mol. The highest BCUT2D eigenvalue weighted by atomic mass is 16.3. The van der Waals surface area contributed by atoms with Gasteiger partial charge in [0.05, 0.1) is 6.04 Å². The molecule has 0 saturated carbocycles. The van der Waals surface area contributed by atoms with Crippen LogP contribution in [0.4, 0.5) is 0 Å². The minimum atomic E-state index is -1.54. The second-order valence-electron chi connectivity index (χ2n) is 5.04. The van der Waals surface area contributed by atoms with Crippen molar-refractivity contribution in [2.75, 3.05) is 0 Å². The third-order valence-electron chi connectivity index (χ3n) is 3.43. The molecule has 0 heterocycles. The number of carbonyl (C=O) groups is 1. The van der Waals surface area contributed by atoms with Crippen LogP contribution in [0.3, 0.4) is 0 Å². The molecule has 2 N–H and O–H groups in total. The first kappa shape index (κ1) is 14.3. The fraction of sp³-hybridized carbons (Fsp3) is 0.235. The molecule has 2 atom stereocenters. The predicted octanol–water partition coefficient (Wildman–Crippen LogP) is 2.77. The molecule has 0 bridgehead atoms. The van der Waals surface area contributed by atoms with E-state index < -0.39 is 11.5 Å². The number of hydrogen-bond donors (Lipinski definition) is 2. The number of benzene rings is 2. The van der Waals surface area contributed by atoms with Crippen LogP contribution in [0.25, 0.3) is 0 Å². The summed E-state index contributed by atoms with van der Waals surface area (Å²) in [6.07, 6.45) is 0. The first-order valence-electron chi connectivity index (χ1n) is 6.65. The molecule has 0 aliphatic carbocycles. The van der Waals surface area contributed by atoms with Gasteiger partial charge in [0.2, 0.25) is 0 Å². The van der Waals surface area contributed by atoms with Gasteiger partial charge in [0, 0.05) is 0 Å². The van der Waals surface area contributed by atoms with E-state index in [0.29, 0.717) is 5.56 Å². The summed E-state index contributed by atoms with van der Waals surface area (Å²) in [5, 5.41) is 13.3. The Kier molecular flexibility index (Phi) is 4.20. The first-order chi connectivity index (χ1) is 9.51. The maximum Gasteiger partial charge on any atom is 0.256 e. The van der Waals surface area contributed by atoms with Gasteiger partial charge in [-0.25, -0.2) is 0 Å². The van der Waals surface area contributed by atoms with Crippen LogP contribution in [0.15, 0.2) is 60.7 Å². The van der Waals surface area contributed by atoms with Crippen LogP contribution in [-0.2, 0) is 10.4 Å². The van der Waals surface area contributed by atoms with Crippen LogP contribution in [-0.4, -0.2) is 11.0 Å². The second-order valence-corrected chi connectivity index (χ2v) is 5.04. The molecule has 2 rings (SSSR count). The lowest BCUT2D eigenvalue weighted by molar-refractivity contribution is -0.139. The molecule has 0 radical (unpaired) electrons. The monoisotopic (exact) mass is 269 g/mol. The van der Waals surface area contributed by atoms with E-state index in [1.54, 1.807) is 24.3 Å². The standard InChI is InChI=1S/C17H19NO2/c1-13(14-9-5-3-6-10-14)18-16(19)17(2,20)15-11-7-4-8-12-15/h3-13,20H,1-2H3,(H,18,19). The average Bonchev–Trinajstić information content (AvgIpc) is 2.49. The Morgan fingerprint density at radius 3 is 2.10 bits per heavy atom. The van der Waals surface area contributed by atoms with Crippen molar-refractivity contribution < 1.29 is 9.90 Å². The van der Waals surface area contributed by atoms with Gasteiger partial charge < -0.3 is 10.4 Å². The smallest absolute Gasteiger partial charge is 0.256 e. The van der Waals surface area contributed by atoms with Crippen molar-refractivity contribution in [3.63, 3.8) is 0 Å². The molecule has 2 unspecified atom stereocenters. The second kappa shape index (κ2) is 5.88. The summed E-state index contributed by atoms with van der Waals surface area (Å²) in [6.45, 7) is 3.41. The Balaban J connectivity index is 2.12. The van der Waals surface area contributed by atoms with Gasteiger partial charge in [0.15, 0.2) is 5.60 Å². The molecule has 104 valence electrons. The van der Waals surface area contributed by atoms with Crippen molar-refractivity contribution in [1.82, 2.24) is 5.32 Å². The van der Waals surface area contributed by atoms with Crippen LogP contribution in [0.2, 0.25) is 0 Å². The summed E-state index contributed by atoms with van der Waals surface area (Å²) >= 11 is 0. The van der Waals surface area contributed by atoms with E-state index in [0.717, 1.165) is 5.56 Å². The zero-order valence-electron chi connectivity index (χ0n) is 11.7. The number of hydrogen-bond acceptors (Lipinski definition) is 2. The Morgan fingerprint density at radius 1 is 1.05 bits per heavy atom. The summed E-state index contributed by atoms with van der Waals surface area (Å²) in [5.41, 5.74) is 0.0482. The van der Waals surface area contributed by atoms with Gasteiger partial charge in [-0.3, -0.25) is 4.79 Å². The van der Waals surface area contributed by atoms with Gasteiger partial charge in [-0.1, -0.05) is 60.7 Å².